The summed E-state index contributed by atoms with van der Waals surface area (Å²) in [6, 6.07) is 1.88. The number of furan rings is 1. The minimum Gasteiger partial charge on any atom is -0.472 e. The minimum absolute atomic E-state index is 0.0658. The lowest BCUT2D eigenvalue weighted by molar-refractivity contribution is -0.155. The van der Waals surface area contributed by atoms with Crippen molar-refractivity contribution >= 4 is 5.97 Å². The third kappa shape index (κ3) is 1.98. The zero-order valence-corrected chi connectivity index (χ0v) is 14.6. The van der Waals surface area contributed by atoms with Crippen molar-refractivity contribution in [3.63, 3.8) is 0 Å². The summed E-state index contributed by atoms with van der Waals surface area (Å²) in [6.07, 6.45) is 8.21. The Hall–Kier alpha value is -1.55. The summed E-state index contributed by atoms with van der Waals surface area (Å²) in [5.74, 6) is 0.356. The number of rotatable bonds is 1. The van der Waals surface area contributed by atoms with Gasteiger partial charge in [0.2, 0.25) is 0 Å². The first kappa shape index (κ1) is 15.9. The van der Waals surface area contributed by atoms with Gasteiger partial charge in [-0.25, -0.2) is 0 Å². The second kappa shape index (κ2) is 5.22. The molecule has 1 N–H and O–H groups in total. The van der Waals surface area contributed by atoms with Gasteiger partial charge in [0, 0.05) is 17.4 Å². The van der Waals surface area contributed by atoms with Crippen LogP contribution >= 0.6 is 0 Å². The summed E-state index contributed by atoms with van der Waals surface area (Å²) < 4.78 is 11.0. The van der Waals surface area contributed by atoms with Crippen LogP contribution in [0.2, 0.25) is 0 Å². The van der Waals surface area contributed by atoms with E-state index in [-0.39, 0.29) is 35.4 Å². The first-order valence-corrected chi connectivity index (χ1v) is 8.99. The van der Waals surface area contributed by atoms with Gasteiger partial charge in [-0.15, -0.1) is 0 Å². The van der Waals surface area contributed by atoms with E-state index in [0.717, 1.165) is 24.8 Å². The highest BCUT2D eigenvalue weighted by Crippen LogP contribution is 2.62. The van der Waals surface area contributed by atoms with E-state index in [1.807, 2.05) is 6.07 Å². The molecule has 4 nitrogen and oxygen atoms in total. The van der Waals surface area contributed by atoms with Crippen molar-refractivity contribution in [2.45, 2.75) is 58.7 Å². The van der Waals surface area contributed by atoms with Crippen LogP contribution in [-0.2, 0) is 9.53 Å². The van der Waals surface area contributed by atoms with Crippen molar-refractivity contribution in [2.24, 2.45) is 22.7 Å². The third-order valence-corrected chi connectivity index (χ3v) is 6.94. The number of cyclic esters (lactones) is 1. The van der Waals surface area contributed by atoms with E-state index in [1.54, 1.807) is 12.5 Å². The molecule has 1 saturated carbocycles. The maximum Gasteiger partial charge on any atom is 0.313 e. The molecule has 1 aromatic rings. The average molecular weight is 330 g/mol. The number of ether oxygens (including phenoxy) is 1. The molecule has 2 fully saturated rings. The molecule has 1 aliphatic heterocycles. The SMILES string of the molecule is CC1CC=C2C(CCC(O)C2(C)C)C12CC(c1ccoc1)OC2=O. The Morgan fingerprint density at radius 2 is 2.08 bits per heavy atom. The lowest BCUT2D eigenvalue weighted by Crippen LogP contribution is -2.51. The van der Waals surface area contributed by atoms with Gasteiger partial charge >= 0.3 is 5.97 Å². The predicted octanol–water partition coefficient (Wildman–Crippen LogP) is 4.02. The summed E-state index contributed by atoms with van der Waals surface area (Å²) in [7, 11) is 0. The summed E-state index contributed by atoms with van der Waals surface area (Å²) >= 11 is 0. The molecule has 4 rings (SSSR count). The van der Waals surface area contributed by atoms with Crippen molar-refractivity contribution in [3.05, 3.63) is 35.8 Å². The van der Waals surface area contributed by atoms with Gasteiger partial charge in [0.15, 0.2) is 0 Å². The molecule has 2 heterocycles. The second-order valence-corrected chi connectivity index (χ2v) is 8.36. The Bertz CT molecular complexity index is 672. The van der Waals surface area contributed by atoms with E-state index in [0.29, 0.717) is 6.42 Å². The van der Waals surface area contributed by atoms with Crippen molar-refractivity contribution < 1.29 is 19.1 Å². The van der Waals surface area contributed by atoms with Crippen molar-refractivity contribution in [2.75, 3.05) is 0 Å². The van der Waals surface area contributed by atoms with Crippen molar-refractivity contribution in [3.8, 4) is 0 Å². The maximum atomic E-state index is 13.1. The predicted molar refractivity (Wildman–Crippen MR) is 89.0 cm³/mol. The highest BCUT2D eigenvalue weighted by Gasteiger charge is 2.62. The van der Waals surface area contributed by atoms with Gasteiger partial charge in [-0.3, -0.25) is 4.79 Å². The lowest BCUT2D eigenvalue weighted by atomic mass is 9.51. The van der Waals surface area contributed by atoms with Gasteiger partial charge in [-0.1, -0.05) is 32.4 Å². The fourth-order valence-electron chi connectivity index (χ4n) is 5.28. The lowest BCUT2D eigenvalue weighted by Gasteiger charge is -2.52. The normalized spacial score (nSPS) is 41.0. The number of aliphatic hydroxyl groups excluding tert-OH is 1. The number of carbonyl (C=O) groups is 1. The zero-order valence-electron chi connectivity index (χ0n) is 14.6. The molecule has 1 spiro atoms. The van der Waals surface area contributed by atoms with E-state index in [4.69, 9.17) is 9.15 Å². The molecule has 130 valence electrons. The number of hydrogen-bond donors (Lipinski definition) is 1. The van der Waals surface area contributed by atoms with Gasteiger partial charge in [-0.05, 0) is 37.2 Å². The monoisotopic (exact) mass is 330 g/mol. The van der Waals surface area contributed by atoms with Gasteiger partial charge in [0.25, 0.3) is 0 Å². The smallest absolute Gasteiger partial charge is 0.313 e. The molecule has 0 amide bonds. The highest BCUT2D eigenvalue weighted by atomic mass is 16.6. The van der Waals surface area contributed by atoms with Gasteiger partial charge in [-0.2, -0.15) is 0 Å². The van der Waals surface area contributed by atoms with Crippen molar-refractivity contribution in [1.29, 1.82) is 0 Å². The van der Waals surface area contributed by atoms with Gasteiger partial charge < -0.3 is 14.3 Å². The van der Waals surface area contributed by atoms with Gasteiger partial charge in [0.1, 0.15) is 6.10 Å². The summed E-state index contributed by atoms with van der Waals surface area (Å²) in [5.41, 5.74) is 1.45. The standard InChI is InChI=1S/C20H26O4/c1-12-4-5-14-15(6-7-17(21)19(14,2)3)20(12)10-16(24-18(20)22)13-8-9-23-11-13/h5,8-9,11-12,15-17,21H,4,6-7,10H2,1-3H3. The molecule has 5 atom stereocenters. The molecule has 2 aliphatic carbocycles. The van der Waals surface area contributed by atoms with Gasteiger partial charge in [0.05, 0.1) is 24.0 Å². The number of allylic oxidation sites excluding steroid dienone is 1. The average Bonchev–Trinajstić information content (AvgIpc) is 3.16. The molecule has 0 aromatic carbocycles. The largest absolute Gasteiger partial charge is 0.472 e. The van der Waals surface area contributed by atoms with Crippen LogP contribution in [-0.4, -0.2) is 17.2 Å². The Morgan fingerprint density at radius 1 is 1.29 bits per heavy atom. The van der Waals surface area contributed by atoms with E-state index >= 15 is 0 Å². The number of fused-ring (bicyclic) bond motifs is 2. The highest BCUT2D eigenvalue weighted by molar-refractivity contribution is 5.81. The third-order valence-electron chi connectivity index (χ3n) is 6.94. The number of esters is 1. The number of aliphatic hydroxyl groups is 1. The van der Waals surface area contributed by atoms with Crippen molar-refractivity contribution in [1.82, 2.24) is 0 Å². The van der Waals surface area contributed by atoms with Crippen LogP contribution in [0, 0.1) is 22.7 Å². The van der Waals surface area contributed by atoms with Crippen LogP contribution in [0.5, 0.6) is 0 Å². The molecular weight excluding hydrogens is 304 g/mol. The zero-order chi connectivity index (χ0) is 17.1. The molecule has 1 saturated heterocycles. The molecule has 3 aliphatic rings. The van der Waals surface area contributed by atoms with E-state index < -0.39 is 5.41 Å². The molecule has 1 aromatic heterocycles. The Balaban J connectivity index is 1.74. The van der Waals surface area contributed by atoms with E-state index in [9.17, 15) is 9.90 Å². The van der Waals surface area contributed by atoms with E-state index in [2.05, 4.69) is 26.8 Å². The summed E-state index contributed by atoms with van der Waals surface area (Å²) in [6.45, 7) is 6.38. The number of carbonyl (C=O) groups excluding carboxylic acids is 1. The van der Waals surface area contributed by atoms with Crippen LogP contribution in [0.4, 0.5) is 0 Å². The van der Waals surface area contributed by atoms with Crippen LogP contribution in [0.1, 0.15) is 58.1 Å². The van der Waals surface area contributed by atoms with Crippen LogP contribution in [0.25, 0.3) is 0 Å². The summed E-state index contributed by atoms with van der Waals surface area (Å²) in [5, 5.41) is 10.5. The Kier molecular flexibility index (Phi) is 3.47. The van der Waals surface area contributed by atoms with E-state index in [1.165, 1.54) is 5.57 Å². The first-order chi connectivity index (χ1) is 11.4. The van der Waals surface area contributed by atoms with Crippen LogP contribution in [0.3, 0.4) is 0 Å². The first-order valence-electron chi connectivity index (χ1n) is 8.99. The molecular formula is C20H26O4. The second-order valence-electron chi connectivity index (χ2n) is 8.36. The molecule has 0 bridgehead atoms. The molecule has 0 radical (unpaired) electrons. The molecule has 24 heavy (non-hydrogen) atoms. The quantitative estimate of drug-likeness (QED) is 0.624. The Labute approximate surface area is 142 Å². The van der Waals surface area contributed by atoms with Crippen LogP contribution < -0.4 is 0 Å². The minimum atomic E-state index is -0.469. The fraction of sp³-hybridized carbons (Fsp3) is 0.650. The molecule has 4 heteroatoms. The maximum absolute atomic E-state index is 13.1. The Morgan fingerprint density at radius 3 is 2.79 bits per heavy atom. The fourth-order valence-corrected chi connectivity index (χ4v) is 5.28. The summed E-state index contributed by atoms with van der Waals surface area (Å²) in [4.78, 5) is 13.1. The van der Waals surface area contributed by atoms with Crippen LogP contribution in [0.15, 0.2) is 34.7 Å². The number of hydrogen-bond acceptors (Lipinski definition) is 4. The molecule has 5 unspecified atom stereocenters. The topological polar surface area (TPSA) is 59.7 Å².